The molecule has 2 rings (SSSR count). The highest BCUT2D eigenvalue weighted by Gasteiger charge is 2.30. The monoisotopic (exact) mass is 348 g/mol. The first-order chi connectivity index (χ1) is 11.8. The van der Waals surface area contributed by atoms with E-state index in [0.29, 0.717) is 16.9 Å². The van der Waals surface area contributed by atoms with E-state index in [0.717, 1.165) is 12.1 Å². The Labute approximate surface area is 142 Å². The molecular weight excluding hydrogens is 333 g/mol. The number of carbonyl (C=O) groups is 1. The van der Waals surface area contributed by atoms with Crippen molar-refractivity contribution in [2.45, 2.75) is 18.6 Å². The second-order valence-corrected chi connectivity index (χ2v) is 5.23. The summed E-state index contributed by atoms with van der Waals surface area (Å²) in [6.45, 7) is 0. The summed E-state index contributed by atoms with van der Waals surface area (Å²) < 4.78 is 43.2. The van der Waals surface area contributed by atoms with Crippen LogP contribution in [0, 0.1) is 11.3 Å². The molecule has 2 aromatic rings. The van der Waals surface area contributed by atoms with Crippen molar-refractivity contribution in [2.75, 3.05) is 7.11 Å². The molecular formula is C18H15F3N2O2. The number of alkyl halides is 3. The van der Waals surface area contributed by atoms with E-state index in [2.05, 4.69) is 5.32 Å². The van der Waals surface area contributed by atoms with Gasteiger partial charge in [0.2, 0.25) is 5.91 Å². The number of benzene rings is 2. The first kappa shape index (κ1) is 18.3. The summed E-state index contributed by atoms with van der Waals surface area (Å²) in [7, 11) is 1.51. The molecule has 0 bridgehead atoms. The third kappa shape index (κ3) is 4.73. The summed E-state index contributed by atoms with van der Waals surface area (Å²) in [6, 6.07) is 12.4. The predicted molar refractivity (Wildman–Crippen MR) is 84.7 cm³/mol. The highest BCUT2D eigenvalue weighted by atomic mass is 19.4. The van der Waals surface area contributed by atoms with Gasteiger partial charge in [-0.2, -0.15) is 18.4 Å². The van der Waals surface area contributed by atoms with Crippen LogP contribution in [0.2, 0.25) is 0 Å². The maximum atomic E-state index is 12.7. The van der Waals surface area contributed by atoms with E-state index in [1.54, 1.807) is 30.3 Å². The lowest BCUT2D eigenvalue weighted by atomic mass is 9.97. The summed E-state index contributed by atoms with van der Waals surface area (Å²) >= 11 is 0. The van der Waals surface area contributed by atoms with Gasteiger partial charge in [-0.15, -0.1) is 0 Å². The molecule has 25 heavy (non-hydrogen) atoms. The Bertz CT molecular complexity index is 763. The lowest BCUT2D eigenvalue weighted by Gasteiger charge is -2.20. The molecule has 0 fully saturated rings. The van der Waals surface area contributed by atoms with E-state index in [1.165, 1.54) is 19.2 Å². The maximum Gasteiger partial charge on any atom is 0.416 e. The Morgan fingerprint density at radius 2 is 1.64 bits per heavy atom. The second kappa shape index (κ2) is 7.71. The molecule has 1 amide bonds. The van der Waals surface area contributed by atoms with Gasteiger partial charge < -0.3 is 10.1 Å². The van der Waals surface area contributed by atoms with Gasteiger partial charge in [0.25, 0.3) is 0 Å². The quantitative estimate of drug-likeness (QED) is 0.893. The van der Waals surface area contributed by atoms with Gasteiger partial charge in [0.05, 0.1) is 24.8 Å². The fourth-order valence-corrected chi connectivity index (χ4v) is 2.30. The molecule has 1 atom stereocenters. The first-order valence-electron chi connectivity index (χ1n) is 7.32. The summed E-state index contributed by atoms with van der Waals surface area (Å²) in [4.78, 5) is 11.8. The average Bonchev–Trinajstić information content (AvgIpc) is 2.59. The van der Waals surface area contributed by atoms with Gasteiger partial charge in [0, 0.05) is 0 Å². The number of nitrogens with one attached hydrogen (secondary N) is 1. The number of hydrogen-bond acceptors (Lipinski definition) is 3. The molecule has 1 unspecified atom stereocenters. The van der Waals surface area contributed by atoms with Crippen molar-refractivity contribution >= 4 is 5.91 Å². The van der Waals surface area contributed by atoms with Crippen LogP contribution in [0.4, 0.5) is 13.2 Å². The minimum Gasteiger partial charge on any atom is -0.497 e. The number of nitriles is 1. The minimum atomic E-state index is -4.43. The van der Waals surface area contributed by atoms with Gasteiger partial charge in [0.15, 0.2) is 0 Å². The minimum absolute atomic E-state index is 0.340. The van der Waals surface area contributed by atoms with Crippen molar-refractivity contribution < 1.29 is 22.7 Å². The smallest absolute Gasteiger partial charge is 0.416 e. The topological polar surface area (TPSA) is 62.1 Å². The Morgan fingerprint density at radius 1 is 1.12 bits per heavy atom. The van der Waals surface area contributed by atoms with Crippen LogP contribution in [0.5, 0.6) is 5.75 Å². The molecule has 1 N–H and O–H groups in total. The Hall–Kier alpha value is -3.01. The first-order valence-corrected chi connectivity index (χ1v) is 7.32. The number of nitrogens with zero attached hydrogens (tertiary/aromatic N) is 1. The van der Waals surface area contributed by atoms with Crippen molar-refractivity contribution in [1.29, 1.82) is 5.26 Å². The maximum absolute atomic E-state index is 12.7. The number of halogens is 3. The summed E-state index contributed by atoms with van der Waals surface area (Å²) in [5.74, 6) is 0.0986. The van der Waals surface area contributed by atoms with Crippen LogP contribution in [-0.2, 0) is 11.0 Å². The van der Waals surface area contributed by atoms with Crippen LogP contribution in [0.1, 0.15) is 29.2 Å². The van der Waals surface area contributed by atoms with Crippen LogP contribution in [0.3, 0.4) is 0 Å². The van der Waals surface area contributed by atoms with Gasteiger partial charge in [-0.1, -0.05) is 24.3 Å². The van der Waals surface area contributed by atoms with Crippen LogP contribution >= 0.6 is 0 Å². The van der Waals surface area contributed by atoms with Crippen molar-refractivity contribution in [3.05, 3.63) is 65.2 Å². The van der Waals surface area contributed by atoms with Crippen LogP contribution in [0.15, 0.2) is 48.5 Å². The highest BCUT2D eigenvalue weighted by molar-refractivity contribution is 5.79. The Kier molecular flexibility index (Phi) is 5.65. The molecule has 0 aliphatic heterocycles. The van der Waals surface area contributed by atoms with Crippen molar-refractivity contribution in [3.8, 4) is 11.8 Å². The molecule has 0 aromatic heterocycles. The van der Waals surface area contributed by atoms with E-state index >= 15 is 0 Å². The largest absolute Gasteiger partial charge is 0.497 e. The van der Waals surface area contributed by atoms with Crippen LogP contribution in [0.25, 0.3) is 0 Å². The number of carbonyl (C=O) groups excluding carboxylic acids is 1. The van der Waals surface area contributed by atoms with E-state index in [9.17, 15) is 18.0 Å². The third-order valence-corrected chi connectivity index (χ3v) is 3.57. The number of ether oxygens (including phenoxy) is 1. The SMILES string of the molecule is COc1ccc(C(NC(=O)CC#N)c2ccc(C(F)(F)F)cc2)cc1. The number of rotatable bonds is 5. The zero-order valence-corrected chi connectivity index (χ0v) is 13.3. The van der Waals surface area contributed by atoms with Gasteiger partial charge in [-0.25, -0.2) is 0 Å². The molecule has 0 saturated carbocycles. The highest BCUT2D eigenvalue weighted by Crippen LogP contribution is 2.31. The van der Waals surface area contributed by atoms with E-state index in [-0.39, 0.29) is 6.42 Å². The average molecular weight is 348 g/mol. The van der Waals surface area contributed by atoms with Crippen LogP contribution in [-0.4, -0.2) is 13.0 Å². The molecule has 0 saturated heterocycles. The molecule has 130 valence electrons. The molecule has 7 heteroatoms. The predicted octanol–water partition coefficient (Wildman–Crippen LogP) is 3.83. The third-order valence-electron chi connectivity index (χ3n) is 3.57. The molecule has 4 nitrogen and oxygen atoms in total. The number of methoxy groups -OCH3 is 1. The lowest BCUT2D eigenvalue weighted by molar-refractivity contribution is -0.137. The summed E-state index contributed by atoms with van der Waals surface area (Å²) in [5.41, 5.74) is 0.365. The number of amides is 1. The number of hydrogen-bond donors (Lipinski definition) is 1. The fourth-order valence-electron chi connectivity index (χ4n) is 2.30. The molecule has 0 heterocycles. The zero-order chi connectivity index (χ0) is 18.4. The van der Waals surface area contributed by atoms with Crippen molar-refractivity contribution in [1.82, 2.24) is 5.32 Å². The standard InChI is InChI=1S/C18H15F3N2O2/c1-25-15-8-4-13(5-9-15)17(23-16(24)10-11-22)12-2-6-14(7-3-12)18(19,20)21/h2-9,17H,10H2,1H3,(H,23,24). The Balaban J connectivity index is 2.36. The molecule has 0 spiro atoms. The zero-order valence-electron chi connectivity index (χ0n) is 13.3. The van der Waals surface area contributed by atoms with E-state index < -0.39 is 23.7 Å². The summed E-state index contributed by atoms with van der Waals surface area (Å²) in [5, 5.41) is 11.3. The fraction of sp³-hybridized carbons (Fsp3) is 0.222. The lowest BCUT2D eigenvalue weighted by Crippen LogP contribution is -2.28. The molecule has 0 radical (unpaired) electrons. The van der Waals surface area contributed by atoms with E-state index in [1.807, 2.05) is 0 Å². The van der Waals surface area contributed by atoms with Gasteiger partial charge in [0.1, 0.15) is 12.2 Å². The normalized spacial score (nSPS) is 12.1. The van der Waals surface area contributed by atoms with Crippen molar-refractivity contribution in [2.24, 2.45) is 0 Å². The molecule has 2 aromatic carbocycles. The summed E-state index contributed by atoms with van der Waals surface area (Å²) in [6.07, 6.45) is -4.77. The molecule has 0 aliphatic carbocycles. The van der Waals surface area contributed by atoms with Crippen molar-refractivity contribution in [3.63, 3.8) is 0 Å². The van der Waals surface area contributed by atoms with Gasteiger partial charge in [-0.3, -0.25) is 4.79 Å². The van der Waals surface area contributed by atoms with E-state index in [4.69, 9.17) is 10.00 Å². The van der Waals surface area contributed by atoms with Crippen LogP contribution < -0.4 is 10.1 Å². The molecule has 0 aliphatic rings. The van der Waals surface area contributed by atoms with Gasteiger partial charge >= 0.3 is 6.18 Å². The second-order valence-electron chi connectivity index (χ2n) is 5.23. The van der Waals surface area contributed by atoms with Gasteiger partial charge in [-0.05, 0) is 35.4 Å². The Morgan fingerprint density at radius 3 is 2.08 bits per heavy atom.